The molecule has 0 amide bonds. The number of hydrogen-bond acceptors (Lipinski definition) is 2. The van der Waals surface area contributed by atoms with E-state index in [-0.39, 0.29) is 0 Å². The maximum atomic E-state index is 5.33. The average molecular weight is 256 g/mol. The highest BCUT2D eigenvalue weighted by atomic mass is 79.9. The molecular formula is C11H14BrNO. The molecule has 1 aliphatic rings. The first kappa shape index (κ1) is 9.99. The summed E-state index contributed by atoms with van der Waals surface area (Å²) in [6, 6.07) is 6.18. The Hall–Kier alpha value is -0.540. The zero-order chi connectivity index (χ0) is 9.97. The van der Waals surface area contributed by atoms with Gasteiger partial charge in [-0.3, -0.25) is 0 Å². The molecule has 2 nitrogen and oxygen atoms in total. The number of ether oxygens (including phenoxy) is 1. The van der Waals surface area contributed by atoms with Crippen molar-refractivity contribution in [1.82, 2.24) is 5.32 Å². The van der Waals surface area contributed by atoms with Gasteiger partial charge in [0, 0.05) is 4.47 Å². The maximum absolute atomic E-state index is 5.33. The second kappa shape index (κ2) is 4.32. The molecule has 0 spiro atoms. The predicted octanol–water partition coefficient (Wildman–Crippen LogP) is 2.22. The Bertz CT molecular complexity index is 323. The van der Waals surface area contributed by atoms with Gasteiger partial charge in [-0.2, -0.15) is 0 Å². The minimum absolute atomic E-state index is 0.776. The molecule has 3 heteroatoms. The van der Waals surface area contributed by atoms with E-state index in [2.05, 4.69) is 27.3 Å². The molecule has 76 valence electrons. The van der Waals surface area contributed by atoms with E-state index in [0.29, 0.717) is 0 Å². The lowest BCUT2D eigenvalue weighted by Gasteiger charge is -2.27. The number of methoxy groups -OCH3 is 1. The molecule has 1 heterocycles. The van der Waals surface area contributed by atoms with Crippen LogP contribution in [0.2, 0.25) is 0 Å². The van der Waals surface area contributed by atoms with Crippen molar-refractivity contribution in [3.63, 3.8) is 0 Å². The van der Waals surface area contributed by atoms with Crippen molar-refractivity contribution >= 4 is 15.9 Å². The summed E-state index contributed by atoms with van der Waals surface area (Å²) >= 11 is 3.48. The van der Waals surface area contributed by atoms with E-state index >= 15 is 0 Å². The summed E-state index contributed by atoms with van der Waals surface area (Å²) in [4.78, 5) is 0. The average Bonchev–Trinajstić information content (AvgIpc) is 2.12. The van der Waals surface area contributed by atoms with Crippen LogP contribution in [0.1, 0.15) is 5.56 Å². The summed E-state index contributed by atoms with van der Waals surface area (Å²) < 4.78 is 6.45. The first-order valence-electron chi connectivity index (χ1n) is 4.82. The Morgan fingerprint density at radius 2 is 2.29 bits per heavy atom. The van der Waals surface area contributed by atoms with Crippen molar-refractivity contribution < 1.29 is 4.74 Å². The van der Waals surface area contributed by atoms with Crippen molar-refractivity contribution in [2.24, 2.45) is 5.92 Å². The molecule has 0 radical (unpaired) electrons. The van der Waals surface area contributed by atoms with Gasteiger partial charge in [0.15, 0.2) is 0 Å². The van der Waals surface area contributed by atoms with Gasteiger partial charge in [-0.05, 0) is 49.2 Å². The fourth-order valence-corrected chi connectivity index (χ4v) is 2.12. The SMILES string of the molecule is COc1ccc(Br)cc1CC1CNC1. The molecule has 0 bridgehead atoms. The molecular weight excluding hydrogens is 242 g/mol. The molecule has 0 unspecified atom stereocenters. The van der Waals surface area contributed by atoms with E-state index in [9.17, 15) is 0 Å². The highest BCUT2D eigenvalue weighted by molar-refractivity contribution is 9.10. The number of halogens is 1. The lowest BCUT2D eigenvalue weighted by molar-refractivity contribution is 0.338. The third-order valence-corrected chi connectivity index (χ3v) is 3.11. The fourth-order valence-electron chi connectivity index (χ4n) is 1.71. The Balaban J connectivity index is 2.15. The van der Waals surface area contributed by atoms with Crippen molar-refractivity contribution in [2.75, 3.05) is 20.2 Å². The standard InChI is InChI=1S/C11H14BrNO/c1-14-11-3-2-10(12)5-9(11)4-8-6-13-7-8/h2-3,5,8,13H,4,6-7H2,1H3. The Kier molecular flexibility index (Phi) is 3.08. The van der Waals surface area contributed by atoms with Crippen LogP contribution in [0.15, 0.2) is 22.7 Å². The Morgan fingerprint density at radius 3 is 2.86 bits per heavy atom. The molecule has 2 rings (SSSR count). The van der Waals surface area contributed by atoms with Crippen LogP contribution in [0.3, 0.4) is 0 Å². The number of hydrogen-bond donors (Lipinski definition) is 1. The molecule has 14 heavy (non-hydrogen) atoms. The zero-order valence-electron chi connectivity index (χ0n) is 8.22. The molecule has 1 aliphatic heterocycles. The van der Waals surface area contributed by atoms with Gasteiger partial charge in [-0.25, -0.2) is 0 Å². The molecule has 1 fully saturated rings. The summed E-state index contributed by atoms with van der Waals surface area (Å²) in [6.45, 7) is 2.27. The van der Waals surface area contributed by atoms with Crippen LogP contribution in [-0.4, -0.2) is 20.2 Å². The van der Waals surface area contributed by atoms with E-state index in [0.717, 1.165) is 35.7 Å². The van der Waals surface area contributed by atoms with Crippen LogP contribution in [0.5, 0.6) is 5.75 Å². The van der Waals surface area contributed by atoms with E-state index in [1.165, 1.54) is 5.56 Å². The molecule has 0 atom stereocenters. The summed E-state index contributed by atoms with van der Waals surface area (Å²) in [7, 11) is 1.73. The van der Waals surface area contributed by atoms with Crippen molar-refractivity contribution in [1.29, 1.82) is 0 Å². The second-order valence-corrected chi connectivity index (χ2v) is 4.60. The first-order chi connectivity index (χ1) is 6.79. The van der Waals surface area contributed by atoms with Crippen LogP contribution in [-0.2, 0) is 6.42 Å². The summed E-state index contributed by atoms with van der Waals surface area (Å²) in [5.74, 6) is 1.78. The summed E-state index contributed by atoms with van der Waals surface area (Å²) in [5.41, 5.74) is 1.30. The quantitative estimate of drug-likeness (QED) is 0.895. The van der Waals surface area contributed by atoms with Gasteiger partial charge < -0.3 is 10.1 Å². The van der Waals surface area contributed by atoms with E-state index < -0.39 is 0 Å². The smallest absolute Gasteiger partial charge is 0.122 e. The van der Waals surface area contributed by atoms with Crippen LogP contribution in [0.4, 0.5) is 0 Å². The molecule has 0 aromatic heterocycles. The van der Waals surface area contributed by atoms with E-state index in [1.54, 1.807) is 7.11 Å². The monoisotopic (exact) mass is 255 g/mol. The minimum Gasteiger partial charge on any atom is -0.496 e. The Labute approximate surface area is 92.8 Å². The largest absolute Gasteiger partial charge is 0.496 e. The van der Waals surface area contributed by atoms with Crippen molar-refractivity contribution in [3.8, 4) is 5.75 Å². The number of nitrogens with one attached hydrogen (secondary N) is 1. The highest BCUT2D eigenvalue weighted by Gasteiger charge is 2.18. The van der Waals surface area contributed by atoms with Crippen molar-refractivity contribution in [3.05, 3.63) is 28.2 Å². The zero-order valence-corrected chi connectivity index (χ0v) is 9.80. The van der Waals surface area contributed by atoms with Gasteiger partial charge in [-0.1, -0.05) is 15.9 Å². The van der Waals surface area contributed by atoms with E-state index in [1.807, 2.05) is 12.1 Å². The number of rotatable bonds is 3. The van der Waals surface area contributed by atoms with Crippen LogP contribution < -0.4 is 10.1 Å². The predicted molar refractivity (Wildman–Crippen MR) is 60.8 cm³/mol. The summed E-state index contributed by atoms with van der Waals surface area (Å²) in [5, 5.41) is 3.28. The molecule has 0 aliphatic carbocycles. The second-order valence-electron chi connectivity index (χ2n) is 3.68. The first-order valence-corrected chi connectivity index (χ1v) is 5.62. The van der Waals surface area contributed by atoms with Crippen molar-refractivity contribution in [2.45, 2.75) is 6.42 Å². The van der Waals surface area contributed by atoms with Gasteiger partial charge in [0.25, 0.3) is 0 Å². The lowest BCUT2D eigenvalue weighted by atomic mass is 9.94. The van der Waals surface area contributed by atoms with Crippen LogP contribution >= 0.6 is 15.9 Å². The Morgan fingerprint density at radius 1 is 1.50 bits per heavy atom. The minimum atomic E-state index is 0.776. The van der Waals surface area contributed by atoms with Gasteiger partial charge in [-0.15, -0.1) is 0 Å². The van der Waals surface area contributed by atoms with Gasteiger partial charge in [0.05, 0.1) is 7.11 Å². The van der Waals surface area contributed by atoms with Crippen LogP contribution in [0, 0.1) is 5.92 Å². The molecule has 1 N–H and O–H groups in total. The molecule has 1 aromatic carbocycles. The lowest BCUT2D eigenvalue weighted by Crippen LogP contribution is -2.43. The van der Waals surface area contributed by atoms with E-state index in [4.69, 9.17) is 4.74 Å². The molecule has 1 aromatic rings. The van der Waals surface area contributed by atoms with Crippen LogP contribution in [0.25, 0.3) is 0 Å². The molecule has 0 saturated carbocycles. The third kappa shape index (κ3) is 2.10. The third-order valence-electron chi connectivity index (χ3n) is 2.62. The van der Waals surface area contributed by atoms with Gasteiger partial charge >= 0.3 is 0 Å². The summed E-state index contributed by atoms with van der Waals surface area (Å²) in [6.07, 6.45) is 1.11. The van der Waals surface area contributed by atoms with Gasteiger partial charge in [0.2, 0.25) is 0 Å². The maximum Gasteiger partial charge on any atom is 0.122 e. The normalized spacial score (nSPS) is 16.4. The number of benzene rings is 1. The highest BCUT2D eigenvalue weighted by Crippen LogP contribution is 2.26. The fraction of sp³-hybridized carbons (Fsp3) is 0.455. The molecule has 1 saturated heterocycles. The topological polar surface area (TPSA) is 21.3 Å². The van der Waals surface area contributed by atoms with Gasteiger partial charge in [0.1, 0.15) is 5.75 Å².